The first-order chi connectivity index (χ1) is 13.9. The van der Waals surface area contributed by atoms with Crippen LogP contribution in [0, 0.1) is 10.1 Å². The molecule has 0 saturated carbocycles. The molecule has 8 nitrogen and oxygen atoms in total. The number of nitro groups is 1. The molecule has 4 rings (SSSR count). The minimum atomic E-state index is -3.94. The number of para-hydroxylation sites is 1. The van der Waals surface area contributed by atoms with Crippen LogP contribution in [0.1, 0.15) is 0 Å². The largest absolute Gasteiger partial charge is 0.324 e. The lowest BCUT2D eigenvalue weighted by molar-refractivity contribution is -0.384. The van der Waals surface area contributed by atoms with Crippen LogP contribution < -0.4 is 9.62 Å². The van der Waals surface area contributed by atoms with Gasteiger partial charge in [0.15, 0.2) is 0 Å². The molecule has 1 heterocycles. The lowest BCUT2D eigenvalue weighted by atomic mass is 10.0. The van der Waals surface area contributed by atoms with E-state index in [1.54, 1.807) is 42.5 Å². The summed E-state index contributed by atoms with van der Waals surface area (Å²) in [5.41, 5.74) is 1.74. The fourth-order valence-electron chi connectivity index (χ4n) is 3.28. The van der Waals surface area contributed by atoms with Crippen LogP contribution in [0.2, 0.25) is 0 Å². The van der Waals surface area contributed by atoms with Gasteiger partial charge in [-0.05, 0) is 18.2 Å². The highest BCUT2D eigenvalue weighted by Gasteiger charge is 2.35. The number of nitro benzene ring substituents is 1. The Hall–Kier alpha value is -3.72. The number of sulfonamides is 1. The SMILES string of the molecule is O=C(CN1c2ccccc2-c2ccccc2S1(=O)=O)Nc1cccc([N+](=O)[O-])c1. The molecule has 1 amide bonds. The monoisotopic (exact) mass is 409 g/mol. The summed E-state index contributed by atoms with van der Waals surface area (Å²) in [5, 5.41) is 13.4. The van der Waals surface area contributed by atoms with E-state index in [9.17, 15) is 23.3 Å². The van der Waals surface area contributed by atoms with Gasteiger partial charge in [-0.3, -0.25) is 19.2 Å². The summed E-state index contributed by atoms with van der Waals surface area (Å²) >= 11 is 0. The van der Waals surface area contributed by atoms with E-state index in [1.165, 1.54) is 30.3 Å². The van der Waals surface area contributed by atoms with Crippen LogP contribution in [0.4, 0.5) is 17.1 Å². The van der Waals surface area contributed by atoms with E-state index < -0.39 is 27.4 Å². The average Bonchev–Trinajstić information content (AvgIpc) is 2.71. The zero-order valence-electron chi connectivity index (χ0n) is 15.0. The van der Waals surface area contributed by atoms with E-state index in [0.717, 1.165) is 4.31 Å². The van der Waals surface area contributed by atoms with Crippen molar-refractivity contribution < 1.29 is 18.1 Å². The van der Waals surface area contributed by atoms with Crippen molar-refractivity contribution in [1.82, 2.24) is 0 Å². The summed E-state index contributed by atoms with van der Waals surface area (Å²) in [6.45, 7) is -0.462. The Labute approximate surface area is 166 Å². The summed E-state index contributed by atoms with van der Waals surface area (Å²) in [6.07, 6.45) is 0. The number of benzene rings is 3. The molecule has 0 aliphatic carbocycles. The Bertz CT molecular complexity index is 1240. The standard InChI is InChI=1S/C20H15N3O5S/c24-20(21-14-6-5-7-15(12-14)23(25)26)13-22-18-10-3-1-8-16(18)17-9-2-4-11-19(17)29(22,27)28/h1-12H,13H2,(H,21,24). The summed E-state index contributed by atoms with van der Waals surface area (Å²) in [4.78, 5) is 23.0. The maximum Gasteiger partial charge on any atom is 0.271 e. The van der Waals surface area contributed by atoms with E-state index in [2.05, 4.69) is 5.32 Å². The van der Waals surface area contributed by atoms with Crippen LogP contribution in [0.3, 0.4) is 0 Å². The highest BCUT2D eigenvalue weighted by atomic mass is 32.2. The van der Waals surface area contributed by atoms with Crippen LogP contribution in [0.15, 0.2) is 77.7 Å². The fraction of sp³-hybridized carbons (Fsp3) is 0.0500. The molecule has 1 aliphatic rings. The van der Waals surface area contributed by atoms with E-state index in [-0.39, 0.29) is 16.3 Å². The van der Waals surface area contributed by atoms with Gasteiger partial charge in [0, 0.05) is 28.9 Å². The van der Waals surface area contributed by atoms with Crippen molar-refractivity contribution in [3.8, 4) is 11.1 Å². The Morgan fingerprint density at radius 2 is 1.66 bits per heavy atom. The number of nitrogens with zero attached hydrogens (tertiary/aromatic N) is 2. The third-order valence-corrected chi connectivity index (χ3v) is 6.36. The lowest BCUT2D eigenvalue weighted by Crippen LogP contribution is -2.40. The zero-order valence-corrected chi connectivity index (χ0v) is 15.8. The molecule has 146 valence electrons. The average molecular weight is 409 g/mol. The van der Waals surface area contributed by atoms with Crippen molar-refractivity contribution in [2.75, 3.05) is 16.2 Å². The number of anilines is 2. The molecule has 0 saturated heterocycles. The fourth-order valence-corrected chi connectivity index (χ4v) is 4.93. The summed E-state index contributed by atoms with van der Waals surface area (Å²) in [5.74, 6) is -0.608. The maximum atomic E-state index is 13.2. The number of carbonyl (C=O) groups is 1. The van der Waals surface area contributed by atoms with Crippen LogP contribution in [-0.2, 0) is 14.8 Å². The number of fused-ring (bicyclic) bond motifs is 3. The second kappa shape index (κ2) is 7.02. The first-order valence-corrected chi connectivity index (χ1v) is 10.1. The summed E-state index contributed by atoms with van der Waals surface area (Å²) in [7, 11) is -3.94. The quantitative estimate of drug-likeness (QED) is 0.525. The van der Waals surface area contributed by atoms with Gasteiger partial charge in [-0.1, -0.05) is 42.5 Å². The Morgan fingerprint density at radius 3 is 2.41 bits per heavy atom. The molecule has 0 atom stereocenters. The molecule has 0 bridgehead atoms. The number of carbonyl (C=O) groups excluding carboxylic acids is 1. The number of rotatable bonds is 4. The molecule has 3 aromatic rings. The first-order valence-electron chi connectivity index (χ1n) is 8.63. The van der Waals surface area contributed by atoms with Gasteiger partial charge in [0.05, 0.1) is 15.5 Å². The molecular formula is C20H15N3O5S. The Morgan fingerprint density at radius 1 is 0.966 bits per heavy atom. The van der Waals surface area contributed by atoms with E-state index >= 15 is 0 Å². The van der Waals surface area contributed by atoms with Crippen molar-refractivity contribution in [2.24, 2.45) is 0 Å². The van der Waals surface area contributed by atoms with Crippen molar-refractivity contribution in [1.29, 1.82) is 0 Å². The summed E-state index contributed by atoms with van der Waals surface area (Å²) in [6, 6.07) is 19.0. The predicted molar refractivity (Wildman–Crippen MR) is 108 cm³/mol. The van der Waals surface area contributed by atoms with Crippen LogP contribution in [0.5, 0.6) is 0 Å². The van der Waals surface area contributed by atoms with E-state index in [4.69, 9.17) is 0 Å². The third-order valence-electron chi connectivity index (χ3n) is 4.55. The molecule has 0 spiro atoms. The van der Waals surface area contributed by atoms with Crippen LogP contribution in [-0.4, -0.2) is 25.8 Å². The van der Waals surface area contributed by atoms with Gasteiger partial charge in [0.2, 0.25) is 5.91 Å². The molecule has 9 heteroatoms. The van der Waals surface area contributed by atoms with Crippen molar-refractivity contribution in [3.63, 3.8) is 0 Å². The van der Waals surface area contributed by atoms with Crippen LogP contribution >= 0.6 is 0 Å². The lowest BCUT2D eigenvalue weighted by Gasteiger charge is -2.31. The molecule has 0 unspecified atom stereocenters. The van der Waals surface area contributed by atoms with E-state index in [0.29, 0.717) is 16.8 Å². The molecular weight excluding hydrogens is 394 g/mol. The molecule has 1 N–H and O–H groups in total. The van der Waals surface area contributed by atoms with Crippen LogP contribution in [0.25, 0.3) is 11.1 Å². The first kappa shape index (κ1) is 18.6. The van der Waals surface area contributed by atoms with Crippen molar-refractivity contribution in [3.05, 3.63) is 82.9 Å². The second-order valence-electron chi connectivity index (χ2n) is 6.38. The van der Waals surface area contributed by atoms with Gasteiger partial charge in [0.1, 0.15) is 6.54 Å². The number of nitrogens with one attached hydrogen (secondary N) is 1. The van der Waals surface area contributed by atoms with Gasteiger partial charge in [0.25, 0.3) is 15.7 Å². The predicted octanol–water partition coefficient (Wildman–Crippen LogP) is 3.41. The normalized spacial score (nSPS) is 13.9. The summed E-state index contributed by atoms with van der Waals surface area (Å²) < 4.78 is 27.4. The highest BCUT2D eigenvalue weighted by molar-refractivity contribution is 7.93. The minimum Gasteiger partial charge on any atom is -0.324 e. The van der Waals surface area contributed by atoms with Gasteiger partial charge >= 0.3 is 0 Å². The minimum absolute atomic E-state index is 0.127. The van der Waals surface area contributed by atoms with Crippen molar-refractivity contribution in [2.45, 2.75) is 4.90 Å². The Balaban J connectivity index is 1.67. The topological polar surface area (TPSA) is 110 Å². The third kappa shape index (κ3) is 3.32. The molecule has 0 radical (unpaired) electrons. The maximum absolute atomic E-state index is 13.2. The van der Waals surface area contributed by atoms with Gasteiger partial charge < -0.3 is 5.32 Å². The van der Waals surface area contributed by atoms with Gasteiger partial charge in [-0.15, -0.1) is 0 Å². The second-order valence-corrected chi connectivity index (χ2v) is 8.21. The molecule has 0 fully saturated rings. The van der Waals surface area contributed by atoms with Gasteiger partial charge in [-0.2, -0.15) is 0 Å². The number of non-ortho nitro benzene ring substituents is 1. The molecule has 3 aromatic carbocycles. The number of hydrogen-bond acceptors (Lipinski definition) is 5. The van der Waals surface area contributed by atoms with E-state index in [1.807, 2.05) is 0 Å². The molecule has 1 aliphatic heterocycles. The van der Waals surface area contributed by atoms with Crippen molar-refractivity contribution >= 4 is 33.0 Å². The molecule has 0 aromatic heterocycles. The van der Waals surface area contributed by atoms with Gasteiger partial charge in [-0.25, -0.2) is 8.42 Å². The smallest absolute Gasteiger partial charge is 0.271 e. The number of hydrogen-bond donors (Lipinski definition) is 1. The molecule has 29 heavy (non-hydrogen) atoms. The zero-order chi connectivity index (χ0) is 20.6. The Kier molecular flexibility index (Phi) is 4.51. The highest BCUT2D eigenvalue weighted by Crippen LogP contribution is 2.42. The number of amides is 1.